The van der Waals surface area contributed by atoms with Crippen molar-refractivity contribution >= 4 is 27.8 Å². The summed E-state index contributed by atoms with van der Waals surface area (Å²) >= 11 is 0. The highest BCUT2D eigenvalue weighted by Gasteiger charge is 2.23. The largest absolute Gasteiger partial charge is 0.381 e. The number of aromatic nitrogens is 1. The molecule has 162 valence electrons. The Kier molecular flexibility index (Phi) is 5.92. The topological polar surface area (TPSA) is 60.3 Å². The summed E-state index contributed by atoms with van der Waals surface area (Å²) in [4.78, 5) is 13.3. The van der Waals surface area contributed by atoms with Crippen LogP contribution in [0.1, 0.15) is 60.4 Å². The van der Waals surface area contributed by atoms with Gasteiger partial charge in [0.2, 0.25) is 0 Å². The van der Waals surface area contributed by atoms with Gasteiger partial charge in [0.15, 0.2) is 11.0 Å². The molecule has 0 radical (unpaired) electrons. The SMILES string of the molecule is O=C(NC1CCOCC1)c1ccc(S(=O)n2cc(C3CCCC3)c3ccccc32)cc1. The van der Waals surface area contributed by atoms with Crippen LogP contribution in [-0.4, -0.2) is 33.3 Å². The van der Waals surface area contributed by atoms with Crippen molar-refractivity contribution in [1.29, 1.82) is 0 Å². The van der Waals surface area contributed by atoms with Gasteiger partial charge in [-0.1, -0.05) is 31.0 Å². The maximum Gasteiger partial charge on any atom is 0.251 e. The van der Waals surface area contributed by atoms with E-state index in [1.54, 1.807) is 24.3 Å². The first-order valence-electron chi connectivity index (χ1n) is 11.2. The molecular formula is C25H28N2O3S. The van der Waals surface area contributed by atoms with Gasteiger partial charge in [0.25, 0.3) is 5.91 Å². The van der Waals surface area contributed by atoms with Gasteiger partial charge in [0.1, 0.15) is 0 Å². The van der Waals surface area contributed by atoms with Crippen molar-refractivity contribution < 1.29 is 13.7 Å². The van der Waals surface area contributed by atoms with E-state index < -0.39 is 11.0 Å². The fourth-order valence-electron chi connectivity index (χ4n) is 4.82. The zero-order chi connectivity index (χ0) is 21.2. The number of ether oxygens (including phenoxy) is 1. The molecule has 3 aromatic rings. The molecule has 1 N–H and O–H groups in total. The van der Waals surface area contributed by atoms with Gasteiger partial charge in [0, 0.05) is 36.4 Å². The van der Waals surface area contributed by atoms with Crippen LogP contribution in [0.25, 0.3) is 10.9 Å². The second kappa shape index (κ2) is 8.97. The van der Waals surface area contributed by atoms with Gasteiger partial charge < -0.3 is 10.1 Å². The van der Waals surface area contributed by atoms with Crippen LogP contribution in [0.15, 0.2) is 59.6 Å². The van der Waals surface area contributed by atoms with Crippen LogP contribution < -0.4 is 5.32 Å². The van der Waals surface area contributed by atoms with E-state index in [0.717, 1.165) is 18.4 Å². The Morgan fingerprint density at radius 2 is 1.68 bits per heavy atom. The van der Waals surface area contributed by atoms with E-state index >= 15 is 0 Å². The van der Waals surface area contributed by atoms with Gasteiger partial charge in [-0.2, -0.15) is 0 Å². The number of fused-ring (bicyclic) bond motifs is 1. The molecule has 2 heterocycles. The molecule has 2 fully saturated rings. The van der Waals surface area contributed by atoms with Crippen LogP contribution in [0.4, 0.5) is 0 Å². The van der Waals surface area contributed by atoms with Crippen LogP contribution in [-0.2, 0) is 15.7 Å². The Balaban J connectivity index is 1.38. The summed E-state index contributed by atoms with van der Waals surface area (Å²) < 4.78 is 20.7. The molecule has 5 nitrogen and oxygen atoms in total. The summed E-state index contributed by atoms with van der Waals surface area (Å²) in [6.07, 6.45) is 8.72. The lowest BCUT2D eigenvalue weighted by Crippen LogP contribution is -2.38. The lowest BCUT2D eigenvalue weighted by atomic mass is 9.97. The number of hydrogen-bond acceptors (Lipinski definition) is 3. The molecular weight excluding hydrogens is 408 g/mol. The van der Waals surface area contributed by atoms with Crippen LogP contribution in [0.5, 0.6) is 0 Å². The lowest BCUT2D eigenvalue weighted by molar-refractivity contribution is 0.0696. The van der Waals surface area contributed by atoms with Crippen molar-refractivity contribution in [3.05, 3.63) is 65.9 Å². The highest BCUT2D eigenvalue weighted by molar-refractivity contribution is 7.83. The molecule has 1 atom stereocenters. The fraction of sp³-hybridized carbons (Fsp3) is 0.400. The van der Waals surface area contributed by atoms with Crippen molar-refractivity contribution in [3.8, 4) is 0 Å². The minimum absolute atomic E-state index is 0.0841. The molecule has 1 aliphatic heterocycles. The van der Waals surface area contributed by atoms with Crippen LogP contribution >= 0.6 is 0 Å². The zero-order valence-electron chi connectivity index (χ0n) is 17.6. The van der Waals surface area contributed by atoms with E-state index in [0.29, 0.717) is 29.6 Å². The van der Waals surface area contributed by atoms with E-state index in [2.05, 4.69) is 23.6 Å². The van der Waals surface area contributed by atoms with Gasteiger partial charge in [-0.3, -0.25) is 8.77 Å². The molecule has 1 saturated heterocycles. The molecule has 5 rings (SSSR count). The van der Waals surface area contributed by atoms with Crippen molar-refractivity contribution in [2.75, 3.05) is 13.2 Å². The quantitative estimate of drug-likeness (QED) is 0.626. The molecule has 1 aliphatic carbocycles. The van der Waals surface area contributed by atoms with Crippen molar-refractivity contribution in [3.63, 3.8) is 0 Å². The molecule has 1 aromatic heterocycles. The Hall–Kier alpha value is -2.44. The molecule has 0 bridgehead atoms. The zero-order valence-corrected chi connectivity index (χ0v) is 18.4. The van der Waals surface area contributed by atoms with E-state index in [-0.39, 0.29) is 11.9 Å². The molecule has 1 unspecified atom stereocenters. The molecule has 0 spiro atoms. The van der Waals surface area contributed by atoms with E-state index in [1.807, 2.05) is 16.1 Å². The summed E-state index contributed by atoms with van der Waals surface area (Å²) in [5.41, 5.74) is 2.91. The number of nitrogens with one attached hydrogen (secondary N) is 1. The van der Waals surface area contributed by atoms with Gasteiger partial charge in [0.05, 0.1) is 10.4 Å². The first kappa shape index (κ1) is 20.5. The lowest BCUT2D eigenvalue weighted by Gasteiger charge is -2.23. The van der Waals surface area contributed by atoms with Crippen molar-refractivity contribution in [1.82, 2.24) is 9.29 Å². The third kappa shape index (κ3) is 4.19. The standard InChI is InChI=1S/C25H28N2O3S/c28-25(26-20-13-15-30-16-14-20)19-9-11-21(12-10-19)31(29)27-17-23(18-5-1-2-6-18)22-7-3-4-8-24(22)27/h3-4,7-12,17-18,20H,1-2,5-6,13-16H2,(H,26,28). The van der Waals surface area contributed by atoms with Crippen molar-refractivity contribution in [2.45, 2.75) is 55.4 Å². The minimum atomic E-state index is -1.36. The average Bonchev–Trinajstić information content (AvgIpc) is 3.47. The Morgan fingerprint density at radius 3 is 2.42 bits per heavy atom. The summed E-state index contributed by atoms with van der Waals surface area (Å²) in [7, 11) is -1.36. The van der Waals surface area contributed by atoms with Crippen LogP contribution in [0.2, 0.25) is 0 Å². The summed E-state index contributed by atoms with van der Waals surface area (Å²) in [5, 5.41) is 4.28. The molecule has 2 aromatic carbocycles. The molecule has 2 aliphatic rings. The van der Waals surface area contributed by atoms with Gasteiger partial charge >= 0.3 is 0 Å². The second-order valence-corrected chi connectivity index (χ2v) is 9.91. The first-order valence-corrected chi connectivity index (χ1v) is 12.3. The number of carbonyl (C=O) groups is 1. The Bertz CT molecular complexity index is 1090. The molecule has 31 heavy (non-hydrogen) atoms. The average molecular weight is 437 g/mol. The second-order valence-electron chi connectivity index (χ2n) is 8.54. The smallest absolute Gasteiger partial charge is 0.251 e. The number of carbonyl (C=O) groups excluding carboxylic acids is 1. The van der Waals surface area contributed by atoms with Gasteiger partial charge in [-0.15, -0.1) is 0 Å². The van der Waals surface area contributed by atoms with Gasteiger partial charge in [-0.05, 0) is 67.5 Å². The Morgan fingerprint density at radius 1 is 0.968 bits per heavy atom. The number of rotatable bonds is 5. The highest BCUT2D eigenvalue weighted by Crippen LogP contribution is 2.39. The molecule has 1 amide bonds. The minimum Gasteiger partial charge on any atom is -0.381 e. The number of benzene rings is 2. The number of para-hydroxylation sites is 1. The maximum atomic E-state index is 13.4. The fourth-order valence-corrected chi connectivity index (χ4v) is 5.96. The van der Waals surface area contributed by atoms with E-state index in [1.165, 1.54) is 36.6 Å². The summed E-state index contributed by atoms with van der Waals surface area (Å²) in [6.45, 7) is 1.38. The number of nitrogens with zero attached hydrogens (tertiary/aromatic N) is 1. The maximum absolute atomic E-state index is 13.4. The van der Waals surface area contributed by atoms with Crippen molar-refractivity contribution in [2.24, 2.45) is 0 Å². The predicted octanol–water partition coefficient (Wildman–Crippen LogP) is 4.78. The monoisotopic (exact) mass is 436 g/mol. The highest BCUT2D eigenvalue weighted by atomic mass is 32.2. The summed E-state index contributed by atoms with van der Waals surface area (Å²) in [5.74, 6) is 0.471. The summed E-state index contributed by atoms with van der Waals surface area (Å²) in [6, 6.07) is 15.5. The third-order valence-electron chi connectivity index (χ3n) is 6.56. The van der Waals surface area contributed by atoms with E-state index in [4.69, 9.17) is 4.74 Å². The van der Waals surface area contributed by atoms with Gasteiger partial charge in [-0.25, -0.2) is 4.21 Å². The molecule has 6 heteroatoms. The van der Waals surface area contributed by atoms with E-state index in [9.17, 15) is 9.00 Å². The first-order chi connectivity index (χ1) is 15.2. The predicted molar refractivity (Wildman–Crippen MR) is 123 cm³/mol. The Labute approximate surface area is 185 Å². The normalized spacial score (nSPS) is 19.0. The van der Waals surface area contributed by atoms with Crippen LogP contribution in [0.3, 0.4) is 0 Å². The number of amides is 1. The van der Waals surface area contributed by atoms with Crippen LogP contribution in [0, 0.1) is 0 Å². The molecule has 1 saturated carbocycles. The number of hydrogen-bond donors (Lipinski definition) is 1. The third-order valence-corrected chi connectivity index (χ3v) is 7.89.